The van der Waals surface area contributed by atoms with Crippen LogP contribution in [0.15, 0.2) is 34.2 Å². The Morgan fingerprint density at radius 1 is 1.29 bits per heavy atom. The minimum atomic E-state index is -0.172. The van der Waals surface area contributed by atoms with Gasteiger partial charge >= 0.3 is 0 Å². The number of aliphatic imine (C=N–C) groups is 1. The van der Waals surface area contributed by atoms with Gasteiger partial charge in [-0.25, -0.2) is 4.39 Å². The number of thioether (sulfide) groups is 1. The van der Waals surface area contributed by atoms with Gasteiger partial charge in [-0.05, 0) is 35.6 Å². The molecule has 4 rings (SSSR count). The number of hydrogen-bond acceptors (Lipinski definition) is 4. The molecule has 0 N–H and O–H groups in total. The maximum absolute atomic E-state index is 13.4. The lowest BCUT2D eigenvalue weighted by Gasteiger charge is -2.16. The highest BCUT2D eigenvalue weighted by atomic mass is 32.2. The summed E-state index contributed by atoms with van der Waals surface area (Å²) in [6, 6.07) is 7.14. The number of benzene rings is 1. The molecule has 108 valence electrons. The number of allylic oxidation sites excluding steroid dienone is 1. The van der Waals surface area contributed by atoms with Crippen LogP contribution < -0.4 is 0 Å². The topological polar surface area (TPSA) is 15.6 Å². The van der Waals surface area contributed by atoms with E-state index in [0.29, 0.717) is 5.92 Å². The lowest BCUT2D eigenvalue weighted by atomic mass is 10.1. The van der Waals surface area contributed by atoms with Crippen LogP contribution in [-0.4, -0.2) is 23.2 Å². The molecule has 5 heteroatoms. The normalized spacial score (nSPS) is 18.1. The molecular formula is C16H15FN2S2. The summed E-state index contributed by atoms with van der Waals surface area (Å²) in [5.41, 5.74) is 1.29. The van der Waals surface area contributed by atoms with E-state index >= 15 is 0 Å². The average Bonchev–Trinajstić information content (AvgIpc) is 3.09. The number of halogens is 1. The minimum absolute atomic E-state index is 0.172. The molecule has 0 radical (unpaired) electrons. The second-order valence-electron chi connectivity index (χ2n) is 5.58. The standard InChI is InChI=1S/C16H15FN2S2/c1-9(2)15-14(19-6-5-18-16(19)21-15)13-8-10-7-11(17)3-4-12(10)20-13/h3-4,7-9H,5-6H2,1-2H3. The van der Waals surface area contributed by atoms with E-state index in [4.69, 9.17) is 0 Å². The van der Waals surface area contributed by atoms with Crippen LogP contribution >= 0.6 is 23.1 Å². The van der Waals surface area contributed by atoms with Crippen molar-refractivity contribution in [2.75, 3.05) is 13.1 Å². The van der Waals surface area contributed by atoms with Crippen molar-refractivity contribution >= 4 is 44.0 Å². The van der Waals surface area contributed by atoms with Crippen LogP contribution in [-0.2, 0) is 0 Å². The summed E-state index contributed by atoms with van der Waals surface area (Å²) in [5, 5.41) is 2.11. The summed E-state index contributed by atoms with van der Waals surface area (Å²) in [6.07, 6.45) is 0. The fourth-order valence-electron chi connectivity index (χ4n) is 2.78. The summed E-state index contributed by atoms with van der Waals surface area (Å²) in [5.74, 6) is 0.300. The quantitative estimate of drug-likeness (QED) is 0.791. The van der Waals surface area contributed by atoms with Gasteiger partial charge in [-0.2, -0.15) is 0 Å². The van der Waals surface area contributed by atoms with Crippen molar-refractivity contribution in [3.63, 3.8) is 0 Å². The Hall–Kier alpha value is -1.33. The van der Waals surface area contributed by atoms with Gasteiger partial charge in [-0.15, -0.1) is 11.3 Å². The highest BCUT2D eigenvalue weighted by molar-refractivity contribution is 8.17. The monoisotopic (exact) mass is 318 g/mol. The van der Waals surface area contributed by atoms with Crippen LogP contribution in [0.5, 0.6) is 0 Å². The highest BCUT2D eigenvalue weighted by Crippen LogP contribution is 2.47. The molecule has 0 spiro atoms. The first-order chi connectivity index (χ1) is 10.1. The third-order valence-corrected chi connectivity index (χ3v) is 6.28. The first kappa shape index (κ1) is 13.3. The Morgan fingerprint density at radius 3 is 2.95 bits per heavy atom. The molecule has 0 aliphatic carbocycles. The molecule has 21 heavy (non-hydrogen) atoms. The van der Waals surface area contributed by atoms with Gasteiger partial charge in [0.25, 0.3) is 0 Å². The van der Waals surface area contributed by atoms with E-state index in [-0.39, 0.29) is 5.82 Å². The zero-order valence-corrected chi connectivity index (χ0v) is 13.5. The van der Waals surface area contributed by atoms with Gasteiger partial charge in [-0.3, -0.25) is 4.99 Å². The van der Waals surface area contributed by atoms with E-state index in [0.717, 1.165) is 28.3 Å². The Morgan fingerprint density at radius 2 is 2.14 bits per heavy atom. The number of hydrogen-bond donors (Lipinski definition) is 0. The number of rotatable bonds is 2. The smallest absolute Gasteiger partial charge is 0.168 e. The van der Waals surface area contributed by atoms with Gasteiger partial charge < -0.3 is 4.90 Å². The second-order valence-corrected chi connectivity index (χ2v) is 7.67. The first-order valence-electron chi connectivity index (χ1n) is 7.07. The first-order valence-corrected chi connectivity index (χ1v) is 8.70. The second kappa shape index (κ2) is 4.85. The van der Waals surface area contributed by atoms with Crippen LogP contribution in [0, 0.1) is 11.7 Å². The predicted molar refractivity (Wildman–Crippen MR) is 90.1 cm³/mol. The molecule has 2 aliphatic heterocycles. The molecule has 0 atom stereocenters. The van der Waals surface area contributed by atoms with Crippen molar-refractivity contribution in [1.82, 2.24) is 4.90 Å². The summed E-state index contributed by atoms with van der Waals surface area (Å²) >= 11 is 3.53. The van der Waals surface area contributed by atoms with E-state index < -0.39 is 0 Å². The molecule has 1 aromatic carbocycles. The van der Waals surface area contributed by atoms with Crippen molar-refractivity contribution in [2.24, 2.45) is 10.9 Å². The van der Waals surface area contributed by atoms with E-state index in [1.54, 1.807) is 29.2 Å². The fraction of sp³-hybridized carbons (Fsp3) is 0.312. The molecule has 2 nitrogen and oxygen atoms in total. The number of thiophene rings is 1. The van der Waals surface area contributed by atoms with Gasteiger partial charge in [0, 0.05) is 16.1 Å². The summed E-state index contributed by atoms with van der Waals surface area (Å²) in [7, 11) is 0. The number of amidine groups is 1. The van der Waals surface area contributed by atoms with Gasteiger partial charge in [0.2, 0.25) is 0 Å². The maximum Gasteiger partial charge on any atom is 0.168 e. The molecule has 2 aromatic rings. The molecule has 0 amide bonds. The molecule has 0 saturated carbocycles. The van der Waals surface area contributed by atoms with E-state index in [9.17, 15) is 4.39 Å². The van der Waals surface area contributed by atoms with E-state index in [1.807, 2.05) is 6.07 Å². The molecule has 0 bridgehead atoms. The highest BCUT2D eigenvalue weighted by Gasteiger charge is 2.34. The van der Waals surface area contributed by atoms with Gasteiger partial charge in [-0.1, -0.05) is 25.6 Å². The van der Waals surface area contributed by atoms with Crippen LogP contribution in [0.3, 0.4) is 0 Å². The Labute approximate surface area is 131 Å². The lowest BCUT2D eigenvalue weighted by Crippen LogP contribution is -2.19. The van der Waals surface area contributed by atoms with Crippen molar-refractivity contribution in [1.29, 1.82) is 0 Å². The summed E-state index contributed by atoms with van der Waals surface area (Å²) in [4.78, 5) is 9.50. The van der Waals surface area contributed by atoms with Gasteiger partial charge in [0.15, 0.2) is 5.17 Å². The van der Waals surface area contributed by atoms with Crippen molar-refractivity contribution in [3.8, 4) is 0 Å². The zero-order chi connectivity index (χ0) is 14.6. The molecule has 0 fully saturated rings. The molecule has 2 aliphatic rings. The molecular weight excluding hydrogens is 303 g/mol. The third-order valence-electron chi connectivity index (χ3n) is 3.74. The average molecular weight is 318 g/mol. The Balaban J connectivity index is 1.88. The third kappa shape index (κ3) is 2.10. The molecule has 0 saturated heterocycles. The summed E-state index contributed by atoms with van der Waals surface area (Å²) in [6.45, 7) is 6.27. The summed E-state index contributed by atoms with van der Waals surface area (Å²) < 4.78 is 14.5. The van der Waals surface area contributed by atoms with Crippen LogP contribution in [0.4, 0.5) is 4.39 Å². The van der Waals surface area contributed by atoms with E-state index in [2.05, 4.69) is 29.8 Å². The maximum atomic E-state index is 13.4. The molecule has 0 unspecified atom stereocenters. The van der Waals surface area contributed by atoms with Crippen molar-refractivity contribution in [2.45, 2.75) is 13.8 Å². The number of nitrogens with zero attached hydrogens (tertiary/aromatic N) is 2. The zero-order valence-electron chi connectivity index (χ0n) is 11.9. The van der Waals surface area contributed by atoms with Crippen LogP contribution in [0.2, 0.25) is 0 Å². The van der Waals surface area contributed by atoms with Crippen molar-refractivity contribution in [3.05, 3.63) is 39.9 Å². The molecule has 3 heterocycles. The Kier molecular flexibility index (Phi) is 3.08. The Bertz CT molecular complexity index is 789. The van der Waals surface area contributed by atoms with Crippen LogP contribution in [0.1, 0.15) is 18.7 Å². The lowest BCUT2D eigenvalue weighted by molar-refractivity contribution is 0.630. The molecule has 1 aromatic heterocycles. The predicted octanol–water partition coefficient (Wildman–Crippen LogP) is 4.78. The number of fused-ring (bicyclic) bond motifs is 2. The van der Waals surface area contributed by atoms with Crippen molar-refractivity contribution < 1.29 is 4.39 Å². The largest absolute Gasteiger partial charge is 0.317 e. The minimum Gasteiger partial charge on any atom is -0.317 e. The van der Waals surface area contributed by atoms with E-state index in [1.165, 1.54) is 21.5 Å². The SMILES string of the molecule is CC(C)C1=C(c2cc3cc(F)ccc3s2)N2CCN=C2S1. The fourth-order valence-corrected chi connectivity index (χ4v) is 5.15. The van der Waals surface area contributed by atoms with Gasteiger partial charge in [0.05, 0.1) is 17.1 Å². The van der Waals surface area contributed by atoms with Crippen LogP contribution in [0.25, 0.3) is 15.8 Å². The van der Waals surface area contributed by atoms with Gasteiger partial charge in [0.1, 0.15) is 5.82 Å².